The number of rotatable bonds is 4. The van der Waals surface area contributed by atoms with Crippen LogP contribution in [0.4, 0.5) is 11.4 Å². The number of anilines is 2. The van der Waals surface area contributed by atoms with Crippen LogP contribution in [0.25, 0.3) is 6.08 Å². The zero-order valence-corrected chi connectivity index (χ0v) is 20.7. The molecule has 0 radical (unpaired) electrons. The number of ketones is 1. The Hall–Kier alpha value is -3.29. The molecule has 7 heteroatoms. The molecule has 2 aliphatic rings. The number of amides is 1. The number of hydrogen-bond donors (Lipinski definition) is 0. The van der Waals surface area contributed by atoms with Crippen molar-refractivity contribution in [1.82, 2.24) is 0 Å². The molecule has 1 unspecified atom stereocenters. The van der Waals surface area contributed by atoms with E-state index in [2.05, 4.69) is 0 Å². The van der Waals surface area contributed by atoms with Crippen molar-refractivity contribution in [2.75, 3.05) is 9.91 Å². The molecule has 2 aliphatic heterocycles. The summed E-state index contributed by atoms with van der Waals surface area (Å²) in [7, 11) is 0. The van der Waals surface area contributed by atoms with E-state index < -0.39 is 4.33 Å². The molecule has 3 aromatic carbocycles. The minimum Gasteiger partial charge on any atom is -0.292 e. The minimum absolute atomic E-state index is 0.124. The molecule has 1 atom stereocenters. The number of aryl methyl sites for hydroxylation is 2. The first-order valence-corrected chi connectivity index (χ1v) is 12.5. The Balaban J connectivity index is 1.68. The molecule has 0 aliphatic carbocycles. The Kier molecular flexibility index (Phi) is 5.83. The summed E-state index contributed by atoms with van der Waals surface area (Å²) in [5, 5.41) is 6.89. The van der Waals surface area contributed by atoms with Gasteiger partial charge < -0.3 is 0 Å². The van der Waals surface area contributed by atoms with Crippen molar-refractivity contribution in [3.63, 3.8) is 0 Å². The first-order valence-electron chi connectivity index (χ1n) is 10.9. The van der Waals surface area contributed by atoms with Crippen LogP contribution in [0, 0.1) is 13.8 Å². The van der Waals surface area contributed by atoms with Crippen molar-refractivity contribution in [2.45, 2.75) is 25.1 Å². The predicted molar refractivity (Wildman–Crippen MR) is 143 cm³/mol. The molecule has 1 amide bonds. The Morgan fingerprint density at radius 2 is 1.47 bits per heavy atom. The SMILES string of the molecule is CC(=O)C1=NN(c2ccc(C)cc2)C2(S1)S/C(=C\c1ccc(C)cc1)C(=O)N2c1ccccc1. The lowest BCUT2D eigenvalue weighted by Crippen LogP contribution is -2.51. The first-order chi connectivity index (χ1) is 16.4. The molecule has 170 valence electrons. The average molecular weight is 486 g/mol. The van der Waals surface area contributed by atoms with E-state index in [1.807, 2.05) is 98.8 Å². The van der Waals surface area contributed by atoms with E-state index in [-0.39, 0.29) is 11.7 Å². The number of Topliss-reactive ketones (excluding diaryl/α,β-unsaturated/α-hetero) is 1. The molecule has 5 rings (SSSR count). The van der Waals surface area contributed by atoms with E-state index in [1.165, 1.54) is 30.4 Å². The lowest BCUT2D eigenvalue weighted by Gasteiger charge is -2.38. The highest BCUT2D eigenvalue weighted by atomic mass is 32.2. The molecule has 5 nitrogen and oxygen atoms in total. The van der Waals surface area contributed by atoms with Gasteiger partial charge in [0.15, 0.2) is 10.8 Å². The van der Waals surface area contributed by atoms with Gasteiger partial charge in [0.1, 0.15) is 0 Å². The number of para-hydroxylation sites is 1. The number of hydrazone groups is 1. The van der Waals surface area contributed by atoms with Gasteiger partial charge in [-0.05, 0) is 61.5 Å². The molecule has 0 saturated carbocycles. The molecule has 1 fully saturated rings. The number of thioether (sulfide) groups is 2. The quantitative estimate of drug-likeness (QED) is 0.412. The van der Waals surface area contributed by atoms with Gasteiger partial charge in [0.25, 0.3) is 5.91 Å². The second kappa shape index (κ2) is 8.81. The Bertz CT molecular complexity index is 1320. The third-order valence-corrected chi connectivity index (χ3v) is 8.41. The summed E-state index contributed by atoms with van der Waals surface area (Å²) in [6.07, 6.45) is 1.91. The van der Waals surface area contributed by atoms with Crippen molar-refractivity contribution in [2.24, 2.45) is 5.10 Å². The van der Waals surface area contributed by atoms with Crippen molar-refractivity contribution >= 4 is 57.7 Å². The summed E-state index contributed by atoms with van der Waals surface area (Å²) in [6, 6.07) is 25.6. The maximum absolute atomic E-state index is 13.9. The van der Waals surface area contributed by atoms with Crippen molar-refractivity contribution in [3.8, 4) is 0 Å². The summed E-state index contributed by atoms with van der Waals surface area (Å²) in [6.45, 7) is 5.57. The van der Waals surface area contributed by atoms with Gasteiger partial charge in [-0.3, -0.25) is 14.5 Å². The molecule has 1 saturated heterocycles. The van der Waals surface area contributed by atoms with Gasteiger partial charge in [0, 0.05) is 12.6 Å². The average Bonchev–Trinajstić information content (AvgIpc) is 3.34. The van der Waals surface area contributed by atoms with Gasteiger partial charge in [0.05, 0.1) is 10.6 Å². The van der Waals surface area contributed by atoms with E-state index in [9.17, 15) is 9.59 Å². The highest BCUT2D eigenvalue weighted by Gasteiger charge is 2.59. The minimum atomic E-state index is -0.995. The van der Waals surface area contributed by atoms with Gasteiger partial charge in [-0.1, -0.05) is 77.5 Å². The molecule has 3 aromatic rings. The lowest BCUT2D eigenvalue weighted by atomic mass is 10.1. The van der Waals surface area contributed by atoms with Gasteiger partial charge >= 0.3 is 0 Å². The summed E-state index contributed by atoms with van der Waals surface area (Å²) < 4.78 is -0.995. The summed E-state index contributed by atoms with van der Waals surface area (Å²) in [5.41, 5.74) is 4.79. The second-order valence-electron chi connectivity index (χ2n) is 8.26. The third kappa shape index (κ3) is 3.95. The standard InChI is InChI=1S/C27H23N3O2S2/c1-18-9-13-21(14-10-18)17-24-26(32)29(22-7-5-4-6-8-22)27(33-24)30(28-25(34-27)20(3)31)23-15-11-19(2)12-16-23/h4-17H,1-3H3/b24-17-. The van der Waals surface area contributed by atoms with E-state index in [0.29, 0.717) is 9.95 Å². The lowest BCUT2D eigenvalue weighted by molar-refractivity contribution is -0.114. The van der Waals surface area contributed by atoms with Crippen molar-refractivity contribution in [3.05, 3.63) is 100 Å². The van der Waals surface area contributed by atoms with E-state index in [4.69, 9.17) is 5.10 Å². The van der Waals surface area contributed by atoms with Crippen LogP contribution in [0.3, 0.4) is 0 Å². The summed E-state index contributed by atoms with van der Waals surface area (Å²) in [5.74, 6) is -0.252. The van der Waals surface area contributed by atoms with Crippen LogP contribution in [0.1, 0.15) is 23.6 Å². The number of benzene rings is 3. The molecular formula is C27H23N3O2S2. The highest BCUT2D eigenvalue weighted by molar-refractivity contribution is 8.29. The molecule has 0 N–H and O–H groups in total. The zero-order valence-electron chi connectivity index (χ0n) is 19.1. The van der Waals surface area contributed by atoms with Crippen LogP contribution in [0.15, 0.2) is 88.9 Å². The van der Waals surface area contributed by atoms with Crippen LogP contribution in [0.5, 0.6) is 0 Å². The Morgan fingerprint density at radius 3 is 2.09 bits per heavy atom. The smallest absolute Gasteiger partial charge is 0.268 e. The molecule has 34 heavy (non-hydrogen) atoms. The van der Waals surface area contributed by atoms with E-state index in [0.717, 1.165) is 28.1 Å². The molecule has 0 aromatic heterocycles. The molecule has 0 bridgehead atoms. The molecular weight excluding hydrogens is 462 g/mol. The predicted octanol–water partition coefficient (Wildman–Crippen LogP) is 6.19. The summed E-state index contributed by atoms with van der Waals surface area (Å²) >= 11 is 2.73. The van der Waals surface area contributed by atoms with Gasteiger partial charge in [-0.15, -0.1) is 0 Å². The van der Waals surface area contributed by atoms with Crippen LogP contribution < -0.4 is 9.91 Å². The van der Waals surface area contributed by atoms with Gasteiger partial charge in [-0.2, -0.15) is 5.10 Å². The fourth-order valence-corrected chi connectivity index (χ4v) is 6.71. The van der Waals surface area contributed by atoms with E-state index >= 15 is 0 Å². The monoisotopic (exact) mass is 485 g/mol. The fraction of sp³-hybridized carbons (Fsp3) is 0.148. The third-order valence-electron chi connectivity index (χ3n) is 5.60. The normalized spacial score (nSPS) is 21.0. The zero-order chi connectivity index (χ0) is 23.9. The number of carbonyl (C=O) groups excluding carboxylic acids is 2. The maximum atomic E-state index is 13.9. The van der Waals surface area contributed by atoms with Gasteiger partial charge in [0.2, 0.25) is 4.33 Å². The first kappa shape index (κ1) is 22.5. The largest absolute Gasteiger partial charge is 0.292 e. The Morgan fingerprint density at radius 1 is 0.853 bits per heavy atom. The summed E-state index contributed by atoms with van der Waals surface area (Å²) in [4.78, 5) is 28.7. The van der Waals surface area contributed by atoms with Crippen molar-refractivity contribution in [1.29, 1.82) is 0 Å². The topological polar surface area (TPSA) is 53.0 Å². The van der Waals surface area contributed by atoms with Crippen LogP contribution in [-0.2, 0) is 9.59 Å². The molecule has 1 spiro atoms. The van der Waals surface area contributed by atoms with Crippen LogP contribution in [0.2, 0.25) is 0 Å². The maximum Gasteiger partial charge on any atom is 0.268 e. The van der Waals surface area contributed by atoms with Gasteiger partial charge in [-0.25, -0.2) is 5.01 Å². The number of carbonyl (C=O) groups is 2. The van der Waals surface area contributed by atoms with Crippen molar-refractivity contribution < 1.29 is 9.59 Å². The highest BCUT2D eigenvalue weighted by Crippen LogP contribution is 2.59. The van der Waals surface area contributed by atoms with Crippen LogP contribution in [-0.4, -0.2) is 21.1 Å². The fourth-order valence-electron chi connectivity index (χ4n) is 3.83. The number of hydrogen-bond acceptors (Lipinski definition) is 6. The van der Waals surface area contributed by atoms with E-state index in [1.54, 1.807) is 9.91 Å². The number of nitrogens with zero attached hydrogens (tertiary/aromatic N) is 3. The second-order valence-corrected chi connectivity index (χ2v) is 10.9. The molecule has 2 heterocycles. The Labute approximate surface area is 207 Å². The van der Waals surface area contributed by atoms with Crippen LogP contribution >= 0.6 is 23.5 Å².